The van der Waals surface area contributed by atoms with Crippen LogP contribution in [0.25, 0.3) is 0 Å². The van der Waals surface area contributed by atoms with Gasteiger partial charge >= 0.3 is 0 Å². The Morgan fingerprint density at radius 1 is 1.25 bits per heavy atom. The number of amides is 1. The number of para-hydroxylation sites is 1. The van der Waals surface area contributed by atoms with E-state index in [0.29, 0.717) is 23.1 Å². The van der Waals surface area contributed by atoms with E-state index in [-0.39, 0.29) is 6.54 Å². The van der Waals surface area contributed by atoms with E-state index in [1.165, 1.54) is 0 Å². The van der Waals surface area contributed by atoms with Crippen molar-refractivity contribution in [2.24, 2.45) is 5.73 Å². The number of rotatable bonds is 5. The van der Waals surface area contributed by atoms with E-state index in [1.54, 1.807) is 29.3 Å². The quantitative estimate of drug-likeness (QED) is 0.822. The summed E-state index contributed by atoms with van der Waals surface area (Å²) in [6, 6.07) is 10.9. The monoisotopic (exact) mass is 290 g/mol. The number of nitrogens with zero attached hydrogens (tertiary/aromatic N) is 2. The number of nitrogen functional groups attached to an aromatic ring is 1. The molecule has 2 rings (SSSR count). The van der Waals surface area contributed by atoms with Gasteiger partial charge in [-0.15, -0.1) is 0 Å². The Kier molecular flexibility index (Phi) is 4.42. The molecule has 20 heavy (non-hydrogen) atoms. The first-order valence-electron chi connectivity index (χ1n) is 6.05. The first kappa shape index (κ1) is 14.1. The van der Waals surface area contributed by atoms with Crippen molar-refractivity contribution in [1.29, 1.82) is 0 Å². The summed E-state index contributed by atoms with van der Waals surface area (Å²) < 4.78 is 0. The number of carbonyl (C=O) groups excluding carboxylic acids is 1. The molecule has 1 aromatic heterocycles. The van der Waals surface area contributed by atoms with Crippen LogP contribution in [0.5, 0.6) is 0 Å². The normalized spacial score (nSPS) is 10.2. The Bertz CT molecular complexity index is 618. The van der Waals surface area contributed by atoms with E-state index in [9.17, 15) is 4.79 Å². The molecule has 0 unspecified atom stereocenters. The smallest absolute Gasteiger partial charge is 0.237 e. The highest BCUT2D eigenvalue weighted by Gasteiger charge is 2.15. The molecule has 0 aliphatic heterocycles. The van der Waals surface area contributed by atoms with Crippen molar-refractivity contribution in [3.63, 3.8) is 0 Å². The van der Waals surface area contributed by atoms with Crippen LogP contribution in [-0.4, -0.2) is 17.4 Å². The largest absolute Gasteiger partial charge is 0.398 e. The maximum absolute atomic E-state index is 11.2. The average Bonchev–Trinajstić information content (AvgIpc) is 2.40. The molecule has 0 fully saturated rings. The molecule has 5 nitrogen and oxygen atoms in total. The van der Waals surface area contributed by atoms with E-state index in [2.05, 4.69) is 4.98 Å². The molecule has 0 bridgehead atoms. The Labute approximate surface area is 122 Å². The standard InChI is InChI=1S/C14H15ClN4O/c15-11-5-3-7-18-14(11)19(9-13(17)20)8-10-4-1-2-6-12(10)16/h1-7H,8-9,16H2,(H2,17,20). The number of benzene rings is 1. The number of primary amides is 1. The predicted octanol–water partition coefficient (Wildman–Crippen LogP) is 1.81. The fraction of sp³-hybridized carbons (Fsp3) is 0.143. The van der Waals surface area contributed by atoms with Crippen molar-refractivity contribution in [3.05, 3.63) is 53.2 Å². The third kappa shape index (κ3) is 3.39. The Morgan fingerprint density at radius 3 is 2.65 bits per heavy atom. The molecule has 0 spiro atoms. The van der Waals surface area contributed by atoms with E-state index in [4.69, 9.17) is 23.1 Å². The van der Waals surface area contributed by atoms with Gasteiger partial charge in [-0.1, -0.05) is 29.8 Å². The fourth-order valence-electron chi connectivity index (χ4n) is 1.89. The van der Waals surface area contributed by atoms with Crippen molar-refractivity contribution < 1.29 is 4.79 Å². The van der Waals surface area contributed by atoms with Crippen molar-refractivity contribution in [2.45, 2.75) is 6.54 Å². The van der Waals surface area contributed by atoms with Crippen LogP contribution in [-0.2, 0) is 11.3 Å². The lowest BCUT2D eigenvalue weighted by Gasteiger charge is -2.23. The summed E-state index contributed by atoms with van der Waals surface area (Å²) in [5.41, 5.74) is 12.7. The SMILES string of the molecule is NC(=O)CN(Cc1ccccc1N)c1ncccc1Cl. The minimum absolute atomic E-state index is 0.0189. The first-order valence-corrected chi connectivity index (χ1v) is 6.43. The van der Waals surface area contributed by atoms with Crippen molar-refractivity contribution >= 4 is 29.0 Å². The minimum atomic E-state index is -0.457. The molecular formula is C14H15ClN4O. The van der Waals surface area contributed by atoms with Gasteiger partial charge in [-0.3, -0.25) is 4.79 Å². The zero-order valence-electron chi connectivity index (χ0n) is 10.8. The number of carbonyl (C=O) groups is 1. The lowest BCUT2D eigenvalue weighted by atomic mass is 10.1. The molecule has 104 valence electrons. The Hall–Kier alpha value is -2.27. The lowest BCUT2D eigenvalue weighted by Crippen LogP contribution is -2.34. The van der Waals surface area contributed by atoms with Crippen molar-refractivity contribution in [2.75, 3.05) is 17.2 Å². The van der Waals surface area contributed by atoms with Gasteiger partial charge in [0.1, 0.15) is 5.82 Å². The summed E-state index contributed by atoms with van der Waals surface area (Å²) in [6.07, 6.45) is 1.61. The van der Waals surface area contributed by atoms with Gasteiger partial charge in [0.2, 0.25) is 5.91 Å². The van der Waals surface area contributed by atoms with Gasteiger partial charge in [-0.2, -0.15) is 0 Å². The number of nitrogens with two attached hydrogens (primary N) is 2. The molecule has 0 atom stereocenters. The molecule has 2 aromatic rings. The lowest BCUT2D eigenvalue weighted by molar-refractivity contribution is -0.116. The van der Waals surface area contributed by atoms with Crippen LogP contribution in [0.1, 0.15) is 5.56 Å². The number of hydrogen-bond donors (Lipinski definition) is 2. The highest BCUT2D eigenvalue weighted by atomic mass is 35.5. The highest BCUT2D eigenvalue weighted by molar-refractivity contribution is 6.32. The second-order valence-electron chi connectivity index (χ2n) is 4.33. The second kappa shape index (κ2) is 6.25. The van der Waals surface area contributed by atoms with Gasteiger partial charge < -0.3 is 16.4 Å². The maximum atomic E-state index is 11.2. The van der Waals surface area contributed by atoms with Crippen molar-refractivity contribution in [1.82, 2.24) is 4.98 Å². The fourth-order valence-corrected chi connectivity index (χ4v) is 2.13. The Morgan fingerprint density at radius 2 is 2.00 bits per heavy atom. The zero-order chi connectivity index (χ0) is 14.5. The van der Waals surface area contributed by atoms with Crippen LogP contribution in [0.3, 0.4) is 0 Å². The van der Waals surface area contributed by atoms with E-state index in [0.717, 1.165) is 5.56 Å². The number of pyridine rings is 1. The van der Waals surface area contributed by atoms with Crippen molar-refractivity contribution in [3.8, 4) is 0 Å². The zero-order valence-corrected chi connectivity index (χ0v) is 11.5. The predicted molar refractivity (Wildman–Crippen MR) is 80.3 cm³/mol. The van der Waals surface area contributed by atoms with E-state index in [1.807, 2.05) is 18.2 Å². The number of hydrogen-bond acceptors (Lipinski definition) is 4. The van der Waals surface area contributed by atoms with Gasteiger partial charge in [0.05, 0.1) is 11.6 Å². The summed E-state index contributed by atoms with van der Waals surface area (Å²) >= 11 is 6.12. The van der Waals surface area contributed by atoms with Gasteiger partial charge in [0, 0.05) is 18.4 Å². The third-order valence-corrected chi connectivity index (χ3v) is 3.10. The molecule has 6 heteroatoms. The Balaban J connectivity index is 2.32. The van der Waals surface area contributed by atoms with Crippen LogP contribution in [0.15, 0.2) is 42.6 Å². The van der Waals surface area contributed by atoms with Gasteiger partial charge in [-0.25, -0.2) is 4.98 Å². The maximum Gasteiger partial charge on any atom is 0.237 e. The summed E-state index contributed by atoms with van der Waals surface area (Å²) in [6.45, 7) is 0.428. The molecule has 0 aliphatic carbocycles. The number of anilines is 2. The molecule has 0 saturated heterocycles. The second-order valence-corrected chi connectivity index (χ2v) is 4.74. The number of aromatic nitrogens is 1. The van der Waals surface area contributed by atoms with Crippen LogP contribution >= 0.6 is 11.6 Å². The summed E-state index contributed by atoms with van der Waals surface area (Å²) in [7, 11) is 0. The van der Waals surface area contributed by atoms with Gasteiger partial charge in [-0.05, 0) is 23.8 Å². The summed E-state index contributed by atoms with van der Waals surface area (Å²) in [4.78, 5) is 17.2. The molecule has 1 amide bonds. The molecule has 0 saturated carbocycles. The topological polar surface area (TPSA) is 85.2 Å². The van der Waals surface area contributed by atoms with E-state index >= 15 is 0 Å². The first-order chi connectivity index (χ1) is 9.58. The van der Waals surface area contributed by atoms with Crippen LogP contribution in [0, 0.1) is 0 Å². The molecule has 1 heterocycles. The third-order valence-electron chi connectivity index (χ3n) is 2.80. The minimum Gasteiger partial charge on any atom is -0.398 e. The number of halogens is 1. The molecule has 4 N–H and O–H groups in total. The van der Waals surface area contributed by atoms with Crippen LogP contribution in [0.2, 0.25) is 5.02 Å². The van der Waals surface area contributed by atoms with Gasteiger partial charge in [0.25, 0.3) is 0 Å². The van der Waals surface area contributed by atoms with Crippen LogP contribution < -0.4 is 16.4 Å². The summed E-state index contributed by atoms with van der Waals surface area (Å²) in [5.74, 6) is 0.0532. The van der Waals surface area contributed by atoms with E-state index < -0.39 is 5.91 Å². The molecule has 0 aliphatic rings. The molecule has 0 radical (unpaired) electrons. The average molecular weight is 291 g/mol. The van der Waals surface area contributed by atoms with Crippen LogP contribution in [0.4, 0.5) is 11.5 Å². The molecule has 1 aromatic carbocycles. The highest BCUT2D eigenvalue weighted by Crippen LogP contribution is 2.25. The summed E-state index contributed by atoms with van der Waals surface area (Å²) in [5, 5.41) is 0.461. The van der Waals surface area contributed by atoms with Gasteiger partial charge in [0.15, 0.2) is 0 Å². The molecular weight excluding hydrogens is 276 g/mol.